The van der Waals surface area contributed by atoms with Crippen molar-refractivity contribution in [3.63, 3.8) is 0 Å². The van der Waals surface area contributed by atoms with E-state index in [-0.39, 0.29) is 0 Å². The topological polar surface area (TPSA) is 61.4 Å². The van der Waals surface area contributed by atoms with Crippen molar-refractivity contribution in [1.82, 2.24) is 19.6 Å². The first kappa shape index (κ1) is 8.74. The molecule has 0 aliphatic rings. The number of fused-ring (bicyclic) bond motifs is 1. The summed E-state index contributed by atoms with van der Waals surface area (Å²) in [7, 11) is 0. The molecule has 0 spiro atoms. The Morgan fingerprint density at radius 3 is 3.07 bits per heavy atom. The van der Waals surface area contributed by atoms with Crippen LogP contribution in [0.5, 0.6) is 0 Å². The van der Waals surface area contributed by atoms with Gasteiger partial charge in [-0.1, -0.05) is 0 Å². The van der Waals surface area contributed by atoms with Gasteiger partial charge in [0.25, 0.3) is 0 Å². The lowest BCUT2D eigenvalue weighted by molar-refractivity contribution is 0.151. The minimum absolute atomic E-state index is 0.324. The Hall–Kier alpha value is -1.85. The summed E-state index contributed by atoms with van der Waals surface area (Å²) in [5, 5.41) is 7.46. The highest BCUT2D eigenvalue weighted by Gasteiger charge is 2.14. The molecule has 2 aromatic rings. The van der Waals surface area contributed by atoms with Crippen molar-refractivity contribution in [3.05, 3.63) is 17.8 Å². The number of carbonyl (C=O) groups excluding carboxylic acids is 1. The van der Waals surface area contributed by atoms with Gasteiger partial charge in [-0.05, 0) is 35.9 Å². The highest BCUT2D eigenvalue weighted by atomic mass is 16.6. The zero-order valence-corrected chi connectivity index (χ0v) is 7.97. The van der Waals surface area contributed by atoms with E-state index < -0.39 is 6.09 Å². The van der Waals surface area contributed by atoms with E-state index in [0.29, 0.717) is 12.3 Å². The summed E-state index contributed by atoms with van der Waals surface area (Å²) in [6, 6.07) is 1.86. The molecule has 0 saturated heterocycles. The summed E-state index contributed by atoms with van der Waals surface area (Å²) in [6.07, 6.45) is 1.24. The van der Waals surface area contributed by atoms with Gasteiger partial charge in [-0.25, -0.2) is 9.31 Å². The molecule has 2 heterocycles. The van der Waals surface area contributed by atoms with Crippen LogP contribution in [0.1, 0.15) is 12.5 Å². The molecule has 0 atom stereocenters. The van der Waals surface area contributed by atoms with Crippen LogP contribution in [-0.4, -0.2) is 32.3 Å². The van der Waals surface area contributed by atoms with Gasteiger partial charge < -0.3 is 4.74 Å². The number of hydrogen-bond acceptors (Lipinski definition) is 4. The van der Waals surface area contributed by atoms with Crippen molar-refractivity contribution in [2.45, 2.75) is 13.8 Å². The molecule has 0 N–H and O–H groups in total. The molecule has 6 heteroatoms. The number of aryl methyl sites for hydroxylation is 1. The Kier molecular flexibility index (Phi) is 1.95. The number of carbonyl (C=O) groups is 1. The zero-order chi connectivity index (χ0) is 10.1. The molecule has 14 heavy (non-hydrogen) atoms. The minimum Gasteiger partial charge on any atom is -0.448 e. The molecule has 0 amide bonds. The van der Waals surface area contributed by atoms with Crippen LogP contribution in [0.2, 0.25) is 0 Å². The Bertz CT molecular complexity index is 471. The second-order valence-electron chi connectivity index (χ2n) is 2.86. The van der Waals surface area contributed by atoms with Crippen molar-refractivity contribution in [3.8, 4) is 0 Å². The van der Waals surface area contributed by atoms with E-state index >= 15 is 0 Å². The van der Waals surface area contributed by atoms with Crippen LogP contribution in [0.3, 0.4) is 0 Å². The third kappa shape index (κ3) is 1.15. The maximum absolute atomic E-state index is 11.4. The molecule has 0 aliphatic heterocycles. The summed E-state index contributed by atoms with van der Waals surface area (Å²) < 4.78 is 7.51. The van der Waals surface area contributed by atoms with E-state index in [1.807, 2.05) is 13.0 Å². The fraction of sp³-hybridized carbons (Fsp3) is 0.375. The number of hydrogen-bond donors (Lipinski definition) is 0. The molecule has 2 rings (SSSR count). The van der Waals surface area contributed by atoms with Gasteiger partial charge in [0.05, 0.1) is 6.61 Å². The van der Waals surface area contributed by atoms with E-state index in [0.717, 1.165) is 10.2 Å². The predicted octanol–water partition coefficient (Wildman–Crippen LogP) is 0.844. The molecule has 2 aromatic heterocycles. The molecule has 0 fully saturated rings. The van der Waals surface area contributed by atoms with Crippen LogP contribution < -0.4 is 0 Å². The quantitative estimate of drug-likeness (QED) is 0.631. The standard InChI is InChI=1S/C8H10N4O2/c1-3-14-8(13)12-7-6(2)4-5-11(7)9-10-12/h4-5H,3H2,1-2H3. The SMILES string of the molecule is CCOC(=O)n1nnn2ccc(C)c12. The second kappa shape index (κ2) is 3.13. The first-order chi connectivity index (χ1) is 6.74. The molecule has 0 radical (unpaired) electrons. The summed E-state index contributed by atoms with van der Waals surface area (Å²) in [5.41, 5.74) is 1.58. The molecule has 6 nitrogen and oxygen atoms in total. The van der Waals surface area contributed by atoms with Gasteiger partial charge in [0.15, 0.2) is 5.65 Å². The average Bonchev–Trinajstić information content (AvgIpc) is 2.70. The minimum atomic E-state index is -0.503. The summed E-state index contributed by atoms with van der Waals surface area (Å²) in [5.74, 6) is 0. The van der Waals surface area contributed by atoms with E-state index in [9.17, 15) is 4.79 Å². The van der Waals surface area contributed by atoms with Crippen LogP contribution in [0.25, 0.3) is 5.65 Å². The van der Waals surface area contributed by atoms with Crippen LogP contribution >= 0.6 is 0 Å². The second-order valence-corrected chi connectivity index (χ2v) is 2.86. The maximum Gasteiger partial charge on any atom is 0.438 e. The summed E-state index contributed by atoms with van der Waals surface area (Å²) >= 11 is 0. The van der Waals surface area contributed by atoms with Gasteiger partial charge in [-0.15, -0.1) is 4.68 Å². The largest absolute Gasteiger partial charge is 0.448 e. The first-order valence-electron chi connectivity index (χ1n) is 4.31. The van der Waals surface area contributed by atoms with Crippen LogP contribution in [0, 0.1) is 6.92 Å². The lowest BCUT2D eigenvalue weighted by Gasteiger charge is -1.99. The van der Waals surface area contributed by atoms with Crippen LogP contribution in [-0.2, 0) is 4.74 Å². The highest BCUT2D eigenvalue weighted by Crippen LogP contribution is 2.09. The van der Waals surface area contributed by atoms with Gasteiger partial charge in [0, 0.05) is 6.20 Å². The third-order valence-electron chi connectivity index (χ3n) is 1.90. The number of nitrogens with zero attached hydrogens (tertiary/aromatic N) is 4. The van der Waals surface area contributed by atoms with Gasteiger partial charge >= 0.3 is 6.09 Å². The van der Waals surface area contributed by atoms with Crippen LogP contribution in [0.15, 0.2) is 12.3 Å². The molecule has 0 aromatic carbocycles. The monoisotopic (exact) mass is 194 g/mol. The van der Waals surface area contributed by atoms with Gasteiger partial charge in [0.1, 0.15) is 0 Å². The smallest absolute Gasteiger partial charge is 0.438 e. The number of ether oxygens (including phenoxy) is 1. The van der Waals surface area contributed by atoms with Crippen molar-refractivity contribution >= 4 is 11.7 Å². The summed E-state index contributed by atoms with van der Waals surface area (Å²) in [6.45, 7) is 3.95. The molecule has 0 bridgehead atoms. The fourth-order valence-electron chi connectivity index (χ4n) is 1.28. The highest BCUT2D eigenvalue weighted by molar-refractivity contribution is 5.75. The fourth-order valence-corrected chi connectivity index (χ4v) is 1.28. The molecular weight excluding hydrogens is 184 g/mol. The Balaban J connectivity index is 2.51. The molecule has 0 aliphatic carbocycles. The maximum atomic E-state index is 11.4. The van der Waals surface area contributed by atoms with Crippen molar-refractivity contribution in [2.24, 2.45) is 0 Å². The van der Waals surface area contributed by atoms with Gasteiger partial charge in [-0.2, -0.15) is 0 Å². The van der Waals surface area contributed by atoms with Crippen molar-refractivity contribution in [2.75, 3.05) is 6.61 Å². The van der Waals surface area contributed by atoms with Crippen molar-refractivity contribution < 1.29 is 9.53 Å². The van der Waals surface area contributed by atoms with Crippen molar-refractivity contribution in [1.29, 1.82) is 0 Å². The van der Waals surface area contributed by atoms with E-state index in [1.54, 1.807) is 13.1 Å². The summed E-state index contributed by atoms with van der Waals surface area (Å²) in [4.78, 5) is 11.4. The van der Waals surface area contributed by atoms with Gasteiger partial charge in [-0.3, -0.25) is 0 Å². The van der Waals surface area contributed by atoms with Gasteiger partial charge in [0.2, 0.25) is 0 Å². The number of rotatable bonds is 1. The number of aromatic nitrogens is 4. The Morgan fingerprint density at radius 2 is 2.36 bits per heavy atom. The molecule has 0 saturated carbocycles. The predicted molar refractivity (Wildman–Crippen MR) is 48.1 cm³/mol. The van der Waals surface area contributed by atoms with E-state index in [4.69, 9.17) is 4.74 Å². The average molecular weight is 194 g/mol. The Labute approximate surface area is 80.0 Å². The normalized spacial score (nSPS) is 10.7. The lowest BCUT2D eigenvalue weighted by atomic mass is 10.4. The van der Waals surface area contributed by atoms with Crippen LogP contribution in [0.4, 0.5) is 4.79 Å². The molecule has 0 unspecified atom stereocenters. The Morgan fingerprint density at radius 1 is 1.57 bits per heavy atom. The van der Waals surface area contributed by atoms with E-state index in [1.165, 1.54) is 4.52 Å². The third-order valence-corrected chi connectivity index (χ3v) is 1.90. The zero-order valence-electron chi connectivity index (χ0n) is 7.97. The lowest BCUT2D eigenvalue weighted by Crippen LogP contribution is -2.15. The molecular formula is C8H10N4O2. The number of tetrazole rings is 1. The van der Waals surface area contributed by atoms with E-state index in [2.05, 4.69) is 10.4 Å². The molecule has 74 valence electrons. The first-order valence-corrected chi connectivity index (χ1v) is 4.31.